The van der Waals surface area contributed by atoms with Gasteiger partial charge in [-0.25, -0.2) is 9.59 Å². The fourth-order valence-electron chi connectivity index (χ4n) is 2.03. The predicted octanol–water partition coefficient (Wildman–Crippen LogP) is 4.58. The molecule has 0 fully saturated rings. The first kappa shape index (κ1) is 18.1. The molecule has 0 aliphatic heterocycles. The molecule has 0 radical (unpaired) electrons. The van der Waals surface area contributed by atoms with Gasteiger partial charge in [-0.15, -0.1) is 11.8 Å². The minimum Gasteiger partial charge on any atom is -0.462 e. The highest BCUT2D eigenvalue weighted by Crippen LogP contribution is 2.20. The zero-order valence-corrected chi connectivity index (χ0v) is 14.6. The second kappa shape index (κ2) is 9.13. The van der Waals surface area contributed by atoms with Crippen molar-refractivity contribution in [2.24, 2.45) is 0 Å². The summed E-state index contributed by atoms with van der Waals surface area (Å²) >= 11 is 1.61. The van der Waals surface area contributed by atoms with Crippen molar-refractivity contribution in [2.45, 2.75) is 24.7 Å². The van der Waals surface area contributed by atoms with Gasteiger partial charge in [-0.2, -0.15) is 0 Å². The van der Waals surface area contributed by atoms with E-state index in [0.717, 1.165) is 17.7 Å². The van der Waals surface area contributed by atoms with E-state index in [4.69, 9.17) is 9.47 Å². The first-order valence-electron chi connectivity index (χ1n) is 7.78. The number of hydrogen-bond donors (Lipinski definition) is 0. The number of thioether (sulfide) groups is 1. The first-order chi connectivity index (χ1) is 11.7. The van der Waals surface area contributed by atoms with E-state index in [-0.39, 0.29) is 11.1 Å². The Labute approximate surface area is 146 Å². The molecule has 24 heavy (non-hydrogen) atoms. The molecule has 5 heteroatoms. The van der Waals surface area contributed by atoms with Crippen LogP contribution < -0.4 is 4.74 Å². The van der Waals surface area contributed by atoms with E-state index in [2.05, 4.69) is 0 Å². The topological polar surface area (TPSA) is 52.6 Å². The number of hydrogen-bond acceptors (Lipinski definition) is 5. The van der Waals surface area contributed by atoms with Crippen molar-refractivity contribution in [3.63, 3.8) is 0 Å². The maximum absolute atomic E-state index is 12.4. The van der Waals surface area contributed by atoms with Gasteiger partial charge in [0.05, 0.1) is 17.7 Å². The summed E-state index contributed by atoms with van der Waals surface area (Å²) in [6.45, 7) is 2.36. The molecule has 4 nitrogen and oxygen atoms in total. The minimum atomic E-state index is -0.574. The molecule has 0 aliphatic rings. The molecule has 0 spiro atoms. The van der Waals surface area contributed by atoms with Gasteiger partial charge in [-0.05, 0) is 49.1 Å². The minimum absolute atomic E-state index is 0.202. The van der Waals surface area contributed by atoms with Crippen LogP contribution in [0, 0.1) is 0 Å². The molecule has 0 saturated heterocycles. The fourth-order valence-corrected chi connectivity index (χ4v) is 2.44. The highest BCUT2D eigenvalue weighted by Gasteiger charge is 2.19. The second-order valence-corrected chi connectivity index (χ2v) is 5.98. The maximum atomic E-state index is 12.4. The third-order valence-corrected chi connectivity index (χ3v) is 4.11. The Bertz CT molecular complexity index is 695. The van der Waals surface area contributed by atoms with Crippen molar-refractivity contribution in [3.05, 3.63) is 59.7 Å². The van der Waals surface area contributed by atoms with Gasteiger partial charge in [0.15, 0.2) is 0 Å². The molecule has 2 aromatic carbocycles. The lowest BCUT2D eigenvalue weighted by atomic mass is 10.1. The molecule has 2 rings (SSSR count). The highest BCUT2D eigenvalue weighted by molar-refractivity contribution is 7.98. The number of esters is 2. The van der Waals surface area contributed by atoms with Gasteiger partial charge in [0.1, 0.15) is 5.75 Å². The zero-order chi connectivity index (χ0) is 17.4. The number of benzene rings is 2. The summed E-state index contributed by atoms with van der Waals surface area (Å²) in [6.07, 6.45) is 3.70. The van der Waals surface area contributed by atoms with Crippen LogP contribution in [0.4, 0.5) is 0 Å². The molecule has 0 amide bonds. The van der Waals surface area contributed by atoms with Crippen molar-refractivity contribution >= 4 is 23.7 Å². The Hall–Kier alpha value is -2.27. The van der Waals surface area contributed by atoms with Gasteiger partial charge in [0.2, 0.25) is 0 Å². The summed E-state index contributed by atoms with van der Waals surface area (Å²) in [5.74, 6) is -0.643. The average Bonchev–Trinajstić information content (AvgIpc) is 2.62. The van der Waals surface area contributed by atoms with Crippen LogP contribution in [0.5, 0.6) is 5.75 Å². The van der Waals surface area contributed by atoms with E-state index in [0.29, 0.717) is 12.4 Å². The largest absolute Gasteiger partial charge is 0.462 e. The molecule has 0 unspecified atom stereocenters. The zero-order valence-electron chi connectivity index (χ0n) is 13.8. The van der Waals surface area contributed by atoms with E-state index >= 15 is 0 Å². The SMILES string of the molecule is CCCCOC(=O)c1ccccc1C(=O)Oc1ccc(SC)cc1. The summed E-state index contributed by atoms with van der Waals surface area (Å²) in [7, 11) is 0. The van der Waals surface area contributed by atoms with Gasteiger partial charge in [-0.3, -0.25) is 0 Å². The van der Waals surface area contributed by atoms with E-state index < -0.39 is 11.9 Å². The maximum Gasteiger partial charge on any atom is 0.344 e. The average molecular weight is 344 g/mol. The van der Waals surface area contributed by atoms with Crippen LogP contribution in [0.15, 0.2) is 53.4 Å². The van der Waals surface area contributed by atoms with Gasteiger partial charge in [-0.1, -0.05) is 25.5 Å². The van der Waals surface area contributed by atoms with Crippen molar-refractivity contribution in [2.75, 3.05) is 12.9 Å². The smallest absolute Gasteiger partial charge is 0.344 e. The van der Waals surface area contributed by atoms with Crippen LogP contribution in [-0.2, 0) is 4.74 Å². The van der Waals surface area contributed by atoms with E-state index in [9.17, 15) is 9.59 Å². The Morgan fingerprint density at radius 3 is 2.17 bits per heavy atom. The number of ether oxygens (including phenoxy) is 2. The van der Waals surface area contributed by atoms with Gasteiger partial charge < -0.3 is 9.47 Å². The van der Waals surface area contributed by atoms with Crippen LogP contribution >= 0.6 is 11.8 Å². The molecule has 0 heterocycles. The summed E-state index contributed by atoms with van der Waals surface area (Å²) in [5.41, 5.74) is 0.423. The van der Waals surface area contributed by atoms with E-state index in [1.54, 1.807) is 48.2 Å². The lowest BCUT2D eigenvalue weighted by Gasteiger charge is -2.09. The monoisotopic (exact) mass is 344 g/mol. The summed E-state index contributed by atoms with van der Waals surface area (Å²) < 4.78 is 10.6. The number of rotatable bonds is 7. The van der Waals surface area contributed by atoms with Gasteiger partial charge >= 0.3 is 11.9 Å². The quantitative estimate of drug-likeness (QED) is 0.318. The molecule has 2 aromatic rings. The summed E-state index contributed by atoms with van der Waals surface area (Å²) in [6, 6.07) is 13.7. The Balaban J connectivity index is 2.12. The van der Waals surface area contributed by atoms with Crippen LogP contribution in [0.3, 0.4) is 0 Å². The van der Waals surface area contributed by atoms with Crippen LogP contribution in [0.2, 0.25) is 0 Å². The second-order valence-electron chi connectivity index (χ2n) is 5.10. The van der Waals surface area contributed by atoms with Crippen molar-refractivity contribution in [1.29, 1.82) is 0 Å². The molecular formula is C19H20O4S. The van der Waals surface area contributed by atoms with Crippen molar-refractivity contribution in [3.8, 4) is 5.75 Å². The summed E-state index contributed by atoms with van der Waals surface area (Å²) in [4.78, 5) is 25.6. The molecule has 0 N–H and O–H groups in total. The van der Waals surface area contributed by atoms with Gasteiger partial charge in [0, 0.05) is 4.90 Å². The standard InChI is InChI=1S/C19H20O4S/c1-3-4-13-22-18(20)16-7-5-6-8-17(16)19(21)23-14-9-11-15(24-2)12-10-14/h5-12H,3-4,13H2,1-2H3. The van der Waals surface area contributed by atoms with E-state index in [1.807, 2.05) is 25.3 Å². The number of carbonyl (C=O) groups excluding carboxylic acids is 2. The van der Waals surface area contributed by atoms with Gasteiger partial charge in [0.25, 0.3) is 0 Å². The molecular weight excluding hydrogens is 324 g/mol. The van der Waals surface area contributed by atoms with Crippen molar-refractivity contribution in [1.82, 2.24) is 0 Å². The highest BCUT2D eigenvalue weighted by atomic mass is 32.2. The van der Waals surface area contributed by atoms with E-state index in [1.165, 1.54) is 0 Å². The molecule has 0 aliphatic carbocycles. The Morgan fingerprint density at radius 1 is 0.958 bits per heavy atom. The third-order valence-electron chi connectivity index (χ3n) is 3.37. The summed E-state index contributed by atoms with van der Waals surface area (Å²) in [5, 5.41) is 0. The fraction of sp³-hybridized carbons (Fsp3) is 0.263. The lowest BCUT2D eigenvalue weighted by molar-refractivity contribution is 0.0491. The molecule has 0 saturated carbocycles. The normalized spacial score (nSPS) is 10.2. The number of carbonyl (C=O) groups is 2. The Morgan fingerprint density at radius 2 is 1.58 bits per heavy atom. The molecule has 126 valence electrons. The first-order valence-corrected chi connectivity index (χ1v) is 9.00. The third kappa shape index (κ3) is 4.86. The van der Waals surface area contributed by atoms with Crippen LogP contribution in [0.25, 0.3) is 0 Å². The van der Waals surface area contributed by atoms with Crippen molar-refractivity contribution < 1.29 is 19.1 Å². The lowest BCUT2D eigenvalue weighted by Crippen LogP contribution is -2.16. The van der Waals surface area contributed by atoms with Crippen LogP contribution in [-0.4, -0.2) is 24.8 Å². The van der Waals surface area contributed by atoms with Crippen LogP contribution in [0.1, 0.15) is 40.5 Å². The molecule has 0 atom stereocenters. The molecule has 0 bridgehead atoms. The number of unbranched alkanes of at least 4 members (excludes halogenated alkanes) is 1. The molecule has 0 aromatic heterocycles. The Kier molecular flexibility index (Phi) is 6.88. The predicted molar refractivity (Wildman–Crippen MR) is 94.8 cm³/mol.